The van der Waals surface area contributed by atoms with Crippen LogP contribution < -0.4 is 5.32 Å². The number of nitrogens with one attached hydrogen (secondary N) is 1. The second-order valence-corrected chi connectivity index (χ2v) is 6.34. The van der Waals surface area contributed by atoms with Gasteiger partial charge in [0, 0.05) is 22.5 Å². The molecule has 0 aliphatic rings. The number of likely N-dealkylation sites (N-methyl/N-ethyl adjacent to an activating group) is 1. The quantitative estimate of drug-likeness (QED) is 0.758. The lowest BCUT2D eigenvalue weighted by molar-refractivity contribution is 0.0912. The molecule has 3 aromatic rings. The Hall–Kier alpha value is -2.24. The third-order valence-corrected chi connectivity index (χ3v) is 4.29. The van der Waals surface area contributed by atoms with E-state index in [-0.39, 0.29) is 11.9 Å². The first-order valence-corrected chi connectivity index (χ1v) is 8.02. The average molecular weight is 347 g/mol. The lowest BCUT2D eigenvalue weighted by Gasteiger charge is -2.22. The van der Waals surface area contributed by atoms with Crippen LogP contribution in [0.15, 0.2) is 45.4 Å². The topological polar surface area (TPSA) is 58.6 Å². The zero-order valence-electron chi connectivity index (χ0n) is 13.8. The van der Waals surface area contributed by atoms with E-state index in [1.165, 1.54) is 0 Å². The number of furan rings is 2. The summed E-state index contributed by atoms with van der Waals surface area (Å²) in [5.41, 5.74) is 1.43. The van der Waals surface area contributed by atoms with Crippen LogP contribution >= 0.6 is 11.6 Å². The number of halogens is 1. The summed E-state index contributed by atoms with van der Waals surface area (Å²) in [6.07, 6.45) is 1.63. The minimum Gasteiger partial charge on any atom is -0.468 e. The Balaban J connectivity index is 1.79. The number of hydrogen-bond donors (Lipinski definition) is 1. The lowest BCUT2D eigenvalue weighted by atomic mass is 10.1. The van der Waals surface area contributed by atoms with E-state index in [0.29, 0.717) is 22.9 Å². The third kappa shape index (κ3) is 3.18. The molecule has 1 unspecified atom stereocenters. The van der Waals surface area contributed by atoms with Crippen LogP contribution in [-0.4, -0.2) is 31.4 Å². The second kappa shape index (κ2) is 6.71. The Morgan fingerprint density at radius 2 is 2.12 bits per heavy atom. The van der Waals surface area contributed by atoms with Crippen molar-refractivity contribution in [3.63, 3.8) is 0 Å². The molecule has 0 bridgehead atoms. The van der Waals surface area contributed by atoms with Gasteiger partial charge in [0.25, 0.3) is 5.91 Å². The molecule has 3 rings (SSSR count). The molecule has 0 radical (unpaired) electrons. The van der Waals surface area contributed by atoms with Crippen molar-refractivity contribution in [3.05, 3.63) is 58.7 Å². The van der Waals surface area contributed by atoms with Gasteiger partial charge < -0.3 is 14.2 Å². The molecular formula is C18H19ClN2O3. The Kier molecular flexibility index (Phi) is 4.64. The van der Waals surface area contributed by atoms with Crippen LogP contribution in [0.1, 0.15) is 27.9 Å². The van der Waals surface area contributed by atoms with Crippen molar-refractivity contribution >= 4 is 28.5 Å². The normalized spacial score (nSPS) is 12.7. The number of fused-ring (bicyclic) bond motifs is 1. The Labute approximate surface area is 145 Å². The maximum Gasteiger partial charge on any atom is 0.287 e. The van der Waals surface area contributed by atoms with Gasteiger partial charge in [0.05, 0.1) is 12.3 Å². The van der Waals surface area contributed by atoms with E-state index in [1.807, 2.05) is 38.1 Å². The van der Waals surface area contributed by atoms with Gasteiger partial charge in [-0.05, 0) is 51.4 Å². The van der Waals surface area contributed by atoms with Crippen LogP contribution in [0.2, 0.25) is 5.02 Å². The summed E-state index contributed by atoms with van der Waals surface area (Å²) in [5, 5.41) is 4.38. The predicted octanol–water partition coefficient (Wildman–Crippen LogP) is 4.02. The summed E-state index contributed by atoms with van der Waals surface area (Å²) in [6, 6.07) is 8.99. The molecule has 126 valence electrons. The van der Waals surface area contributed by atoms with Gasteiger partial charge in [-0.15, -0.1) is 0 Å². The molecule has 0 saturated heterocycles. The Morgan fingerprint density at radius 1 is 1.33 bits per heavy atom. The molecule has 6 heteroatoms. The first-order valence-electron chi connectivity index (χ1n) is 7.64. The van der Waals surface area contributed by atoms with Gasteiger partial charge in [-0.1, -0.05) is 11.6 Å². The minimum absolute atomic E-state index is 0.0527. The second-order valence-electron chi connectivity index (χ2n) is 5.90. The van der Waals surface area contributed by atoms with Crippen LogP contribution in [0.4, 0.5) is 0 Å². The molecule has 0 fully saturated rings. The molecule has 24 heavy (non-hydrogen) atoms. The zero-order valence-corrected chi connectivity index (χ0v) is 14.6. The number of amides is 1. The molecule has 0 saturated carbocycles. The summed E-state index contributed by atoms with van der Waals surface area (Å²) in [4.78, 5) is 14.5. The zero-order chi connectivity index (χ0) is 17.3. The molecule has 0 aliphatic heterocycles. The molecule has 0 aliphatic carbocycles. The lowest BCUT2D eigenvalue weighted by Crippen LogP contribution is -2.34. The van der Waals surface area contributed by atoms with Crippen LogP contribution in [-0.2, 0) is 0 Å². The Bertz CT molecular complexity index is 853. The van der Waals surface area contributed by atoms with Gasteiger partial charge in [0.1, 0.15) is 11.3 Å². The van der Waals surface area contributed by atoms with Crippen molar-refractivity contribution in [2.75, 3.05) is 20.6 Å². The largest absolute Gasteiger partial charge is 0.468 e. The van der Waals surface area contributed by atoms with Gasteiger partial charge in [-0.25, -0.2) is 0 Å². The van der Waals surface area contributed by atoms with Crippen LogP contribution in [0.3, 0.4) is 0 Å². The van der Waals surface area contributed by atoms with Crippen LogP contribution in [0.25, 0.3) is 11.0 Å². The summed E-state index contributed by atoms with van der Waals surface area (Å²) in [6.45, 7) is 2.27. The SMILES string of the molecule is Cc1c(C(=O)NCC(c2ccco2)N(C)C)oc2ccc(Cl)cc12. The molecule has 1 aromatic carbocycles. The number of benzene rings is 1. The first-order chi connectivity index (χ1) is 11.5. The van der Waals surface area contributed by atoms with E-state index in [0.717, 1.165) is 16.7 Å². The maximum absolute atomic E-state index is 12.5. The summed E-state index contributed by atoms with van der Waals surface area (Å²) >= 11 is 6.02. The number of carbonyl (C=O) groups excluding carboxylic acids is 1. The number of hydrogen-bond acceptors (Lipinski definition) is 4. The average Bonchev–Trinajstić information content (AvgIpc) is 3.16. The van der Waals surface area contributed by atoms with Gasteiger partial charge in [0.2, 0.25) is 0 Å². The Morgan fingerprint density at radius 3 is 2.79 bits per heavy atom. The van der Waals surface area contributed by atoms with Gasteiger partial charge in [-0.3, -0.25) is 9.69 Å². The number of rotatable bonds is 5. The molecule has 0 spiro atoms. The predicted molar refractivity (Wildman–Crippen MR) is 93.4 cm³/mol. The highest BCUT2D eigenvalue weighted by atomic mass is 35.5. The molecule has 1 amide bonds. The number of carbonyl (C=O) groups is 1. The van der Waals surface area contributed by atoms with Crippen molar-refractivity contribution in [1.29, 1.82) is 0 Å². The number of aryl methyl sites for hydroxylation is 1. The standard InChI is InChI=1S/C18H19ClN2O3/c1-11-13-9-12(19)6-7-15(13)24-17(11)18(22)20-10-14(21(2)3)16-5-4-8-23-16/h4-9,14H,10H2,1-3H3,(H,20,22). The van der Waals surface area contributed by atoms with Gasteiger partial charge in [-0.2, -0.15) is 0 Å². The van der Waals surface area contributed by atoms with Crippen LogP contribution in [0.5, 0.6) is 0 Å². The third-order valence-electron chi connectivity index (χ3n) is 4.06. The molecule has 2 heterocycles. The highest BCUT2D eigenvalue weighted by Crippen LogP contribution is 2.28. The van der Waals surface area contributed by atoms with Crippen LogP contribution in [0, 0.1) is 6.92 Å². The van der Waals surface area contributed by atoms with E-state index >= 15 is 0 Å². The van der Waals surface area contributed by atoms with Gasteiger partial charge >= 0.3 is 0 Å². The fraction of sp³-hybridized carbons (Fsp3) is 0.278. The summed E-state index contributed by atoms with van der Waals surface area (Å²) < 4.78 is 11.1. The van der Waals surface area contributed by atoms with E-state index in [9.17, 15) is 4.79 Å². The van der Waals surface area contributed by atoms with Crippen molar-refractivity contribution < 1.29 is 13.6 Å². The fourth-order valence-corrected chi connectivity index (χ4v) is 2.87. The van der Waals surface area contributed by atoms with E-state index < -0.39 is 0 Å². The molecule has 5 nitrogen and oxygen atoms in total. The van der Waals surface area contributed by atoms with Gasteiger partial charge in [0.15, 0.2) is 5.76 Å². The van der Waals surface area contributed by atoms with Crippen molar-refractivity contribution in [2.24, 2.45) is 0 Å². The first kappa shape index (κ1) is 16.6. The van der Waals surface area contributed by atoms with E-state index in [1.54, 1.807) is 24.5 Å². The van der Waals surface area contributed by atoms with E-state index in [2.05, 4.69) is 5.32 Å². The molecule has 2 aromatic heterocycles. The summed E-state index contributed by atoms with van der Waals surface area (Å²) in [5.74, 6) is 0.857. The summed E-state index contributed by atoms with van der Waals surface area (Å²) in [7, 11) is 3.88. The van der Waals surface area contributed by atoms with Crippen molar-refractivity contribution in [3.8, 4) is 0 Å². The van der Waals surface area contributed by atoms with E-state index in [4.69, 9.17) is 20.4 Å². The van der Waals surface area contributed by atoms with Crippen molar-refractivity contribution in [2.45, 2.75) is 13.0 Å². The van der Waals surface area contributed by atoms with Crippen molar-refractivity contribution in [1.82, 2.24) is 10.2 Å². The minimum atomic E-state index is -0.252. The highest BCUT2D eigenvalue weighted by Gasteiger charge is 2.21. The molecule has 1 N–H and O–H groups in total. The molecule has 1 atom stereocenters. The monoisotopic (exact) mass is 346 g/mol. The highest BCUT2D eigenvalue weighted by molar-refractivity contribution is 6.31. The fourth-order valence-electron chi connectivity index (χ4n) is 2.70. The smallest absolute Gasteiger partial charge is 0.287 e. The maximum atomic E-state index is 12.5. The molecular weight excluding hydrogens is 328 g/mol. The number of nitrogens with zero attached hydrogens (tertiary/aromatic N) is 1.